The normalized spacial score (nSPS) is 37.9. The maximum absolute atomic E-state index is 14.5. The van der Waals surface area contributed by atoms with Gasteiger partial charge in [-0.15, -0.1) is 0 Å². The summed E-state index contributed by atoms with van der Waals surface area (Å²) >= 11 is 0. The number of phosphoric acid groups is 1. The highest BCUT2D eigenvalue weighted by molar-refractivity contribution is 7.47. The molecule has 39 heteroatoms. The molecule has 0 spiro atoms. The molecule has 14 unspecified atom stereocenters. The molecule has 21 N–H and O–H groups in total. The summed E-state index contributed by atoms with van der Waals surface area (Å²) in [6.07, 6.45) is -30.6. The lowest BCUT2D eigenvalue weighted by Crippen LogP contribution is -2.69. The summed E-state index contributed by atoms with van der Waals surface area (Å²) < 4.78 is 92.9. The smallest absolute Gasteiger partial charge is 0.462 e. The maximum atomic E-state index is 14.5. The second-order valence-electron chi connectivity index (χ2n) is 30.1. The predicted octanol–water partition coefficient (Wildman–Crippen LogP) is -2.27. The van der Waals surface area contributed by atoms with Crippen LogP contribution in [0.25, 0.3) is 0 Å². The van der Waals surface area contributed by atoms with Gasteiger partial charge in [0.25, 0.3) is 0 Å². The van der Waals surface area contributed by atoms with Crippen molar-refractivity contribution < 1.29 is 187 Å². The van der Waals surface area contributed by atoms with Gasteiger partial charge < -0.3 is 164 Å². The Hall–Kier alpha value is -2.93. The van der Waals surface area contributed by atoms with E-state index in [4.69, 9.17) is 65.9 Å². The SMILES string of the molecule is CCCCC/C=C\C/C=C\CCCCCCCC(=O)OC[C@H](COP(=O)(O)O[C@@H]1C(O[C@@H]2OC(CO[C@@H]3OC(CO[C@@H]4OC(CO[C@@H]5OC(CO)[C@H](O)C(O)[C@@H]5O)[C@H](O)C(O)[C@@H]4O)[C@H](O)C(O)[C@@H]3O)[C@H](O)C(O)[C@@H]2O)C(O)[C@@H](O)C(O)[C@H]1O[C@H]1OC(CO)[C@@H](O)C(O)[C@H]1O)OC(=O)CCCCCCC/C=C\CCCCCCCC. The number of carbonyl (C=O) groups is 2. The number of aliphatic hydroxyl groups is 20. The van der Waals surface area contributed by atoms with Crippen LogP contribution in [0.15, 0.2) is 36.5 Å². The van der Waals surface area contributed by atoms with Gasteiger partial charge in [-0.3, -0.25) is 18.6 Å². The van der Waals surface area contributed by atoms with E-state index in [1.165, 1.54) is 51.4 Å². The molecule has 664 valence electrons. The van der Waals surface area contributed by atoms with Crippen molar-refractivity contribution in [1.82, 2.24) is 0 Å². The Bertz CT molecular complexity index is 2780. The first-order chi connectivity index (χ1) is 54.5. The van der Waals surface area contributed by atoms with Crippen LogP contribution in [0.5, 0.6) is 0 Å². The first kappa shape index (κ1) is 99.9. The van der Waals surface area contributed by atoms with Crippen molar-refractivity contribution in [1.29, 1.82) is 0 Å². The summed E-state index contributed by atoms with van der Waals surface area (Å²) in [4.78, 5) is 38.3. The average molecular weight is 1670 g/mol. The first-order valence-corrected chi connectivity index (χ1v) is 41.9. The van der Waals surface area contributed by atoms with E-state index in [9.17, 15) is 121 Å². The van der Waals surface area contributed by atoms with Crippen LogP contribution in [0.1, 0.15) is 181 Å². The molecule has 0 aromatic heterocycles. The van der Waals surface area contributed by atoms with Gasteiger partial charge in [-0.05, 0) is 70.6 Å². The first-order valence-electron chi connectivity index (χ1n) is 40.4. The van der Waals surface area contributed by atoms with Crippen LogP contribution >= 0.6 is 7.82 Å². The van der Waals surface area contributed by atoms with Crippen molar-refractivity contribution >= 4 is 19.8 Å². The zero-order valence-electron chi connectivity index (χ0n) is 65.1. The standard InChI is InChI=1S/C75H131O38P/c1-3-5-7-9-11-13-15-17-19-21-23-25-27-29-31-33-48(78)100-37-42(105-49(79)34-32-30-28-26-24-22-20-18-16-14-12-10-8-6-4-2)38-104-114(98,99)113-70-68(111-74-66(96)56(86)51(81)44(36-77)107-74)61(91)60(90)62(92)69(70)112-75-67(97)59(89)54(84)47(110-75)41-103-73-65(95)58(88)53(83)46(109-73)40-102-72-64(94)57(87)52(82)45(108-72)39-101-71-63(93)55(85)50(80)43(35-76)106-71/h11,13,17-20,42-47,50-77,80-97H,3-10,12,14-16,21-41H2,1-2H3,(H,98,99)/b13-11-,19-17-,20-18-/t42-,43?,44?,45?,46?,47?,50+,51-,52+,53+,54+,55?,56?,57?,58?,59?,60+,61?,62?,63+,64+,65+,66-,67+,68-,69?,70+,71-,72-,73-,74-,75+/m1/s1. The fraction of sp³-hybridized carbons (Fsp3) is 0.893. The quantitative estimate of drug-likeness (QED) is 0.0132. The summed E-state index contributed by atoms with van der Waals surface area (Å²) in [7, 11) is -5.87. The fourth-order valence-corrected chi connectivity index (χ4v) is 14.8. The van der Waals surface area contributed by atoms with E-state index in [1.807, 2.05) is 0 Å². The number of esters is 2. The van der Waals surface area contributed by atoms with Crippen LogP contribution in [-0.4, -0.2) is 361 Å². The topological polar surface area (TPSA) is 605 Å². The van der Waals surface area contributed by atoms with Crippen molar-refractivity contribution in [2.24, 2.45) is 0 Å². The summed E-state index contributed by atoms with van der Waals surface area (Å²) in [5.41, 5.74) is 0. The number of hydrogen-bond donors (Lipinski definition) is 21. The molecule has 5 aliphatic heterocycles. The van der Waals surface area contributed by atoms with Gasteiger partial charge in [-0.1, -0.05) is 134 Å². The molecule has 6 fully saturated rings. The van der Waals surface area contributed by atoms with Crippen molar-refractivity contribution in [2.75, 3.05) is 46.2 Å². The number of phosphoric ester groups is 1. The molecule has 0 aromatic rings. The van der Waals surface area contributed by atoms with Crippen molar-refractivity contribution in [2.45, 2.75) is 377 Å². The molecule has 6 rings (SSSR count). The lowest BCUT2D eigenvalue weighted by Gasteiger charge is -2.49. The number of rotatable bonds is 52. The van der Waals surface area contributed by atoms with Gasteiger partial charge in [-0.2, -0.15) is 0 Å². The number of aliphatic hydroxyl groups excluding tert-OH is 20. The van der Waals surface area contributed by atoms with Crippen LogP contribution in [0.2, 0.25) is 0 Å². The molecule has 0 aromatic carbocycles. The molecule has 0 bridgehead atoms. The second-order valence-corrected chi connectivity index (χ2v) is 31.5. The average Bonchev–Trinajstić information content (AvgIpc) is 0.761. The van der Waals surface area contributed by atoms with E-state index in [0.29, 0.717) is 25.7 Å². The van der Waals surface area contributed by atoms with Crippen molar-refractivity contribution in [3.8, 4) is 0 Å². The highest BCUT2D eigenvalue weighted by Crippen LogP contribution is 2.49. The van der Waals surface area contributed by atoms with Crippen LogP contribution in [0.3, 0.4) is 0 Å². The third-order valence-corrected chi connectivity index (χ3v) is 21.9. The minimum absolute atomic E-state index is 0.0402. The van der Waals surface area contributed by atoms with Gasteiger partial charge in [0.1, 0.15) is 165 Å². The Morgan fingerprint density at radius 1 is 0.351 bits per heavy atom. The summed E-state index contributed by atoms with van der Waals surface area (Å²) in [6.45, 7) is -1.97. The highest BCUT2D eigenvalue weighted by atomic mass is 31.2. The zero-order chi connectivity index (χ0) is 83.6. The Kier molecular flexibility index (Phi) is 45.9. The molecule has 33 atom stereocenters. The minimum Gasteiger partial charge on any atom is -0.462 e. The third kappa shape index (κ3) is 31.2. The molecule has 5 saturated heterocycles. The summed E-state index contributed by atoms with van der Waals surface area (Å²) in [6, 6.07) is 0. The number of allylic oxidation sites excluding steroid dienone is 6. The lowest BCUT2D eigenvalue weighted by atomic mass is 9.84. The van der Waals surface area contributed by atoms with E-state index in [2.05, 4.69) is 50.3 Å². The molecule has 0 radical (unpaired) electrons. The molecule has 6 aliphatic rings. The van der Waals surface area contributed by atoms with Gasteiger partial charge in [-0.25, -0.2) is 4.57 Å². The molecule has 114 heavy (non-hydrogen) atoms. The Balaban J connectivity index is 1.13. The maximum Gasteiger partial charge on any atom is 0.472 e. The minimum atomic E-state index is -5.87. The molecular weight excluding hydrogens is 1540 g/mol. The Labute approximate surface area is 664 Å². The van der Waals surface area contributed by atoms with Gasteiger partial charge in [0.05, 0.1) is 39.6 Å². The fourth-order valence-electron chi connectivity index (χ4n) is 13.8. The van der Waals surface area contributed by atoms with Crippen molar-refractivity contribution in [3.05, 3.63) is 36.5 Å². The number of hydrogen-bond acceptors (Lipinski definition) is 37. The zero-order valence-corrected chi connectivity index (χ0v) is 65.9. The summed E-state index contributed by atoms with van der Waals surface area (Å²) in [5.74, 6) is -1.51. The van der Waals surface area contributed by atoms with Gasteiger partial charge in [0.15, 0.2) is 37.6 Å². The highest BCUT2D eigenvalue weighted by Gasteiger charge is 2.59. The monoisotopic (exact) mass is 1670 g/mol. The Morgan fingerprint density at radius 3 is 1.06 bits per heavy atom. The van der Waals surface area contributed by atoms with E-state index in [1.54, 1.807) is 0 Å². The molecule has 38 nitrogen and oxygen atoms in total. The van der Waals surface area contributed by atoms with E-state index in [-0.39, 0.29) is 12.8 Å². The van der Waals surface area contributed by atoms with E-state index >= 15 is 0 Å². The van der Waals surface area contributed by atoms with Gasteiger partial charge in [0, 0.05) is 12.8 Å². The molecule has 5 heterocycles. The molecular formula is C75H131O38P. The largest absolute Gasteiger partial charge is 0.472 e. The van der Waals surface area contributed by atoms with Crippen LogP contribution in [0.4, 0.5) is 0 Å². The number of unbranched alkanes of at least 4 members (excludes halogenated alkanes) is 19. The van der Waals surface area contributed by atoms with Crippen LogP contribution < -0.4 is 0 Å². The third-order valence-electron chi connectivity index (χ3n) is 21.0. The predicted molar refractivity (Wildman–Crippen MR) is 394 cm³/mol. The molecule has 0 amide bonds. The number of ether oxygens (including phenoxy) is 12. The Morgan fingerprint density at radius 2 is 0.658 bits per heavy atom. The lowest BCUT2D eigenvalue weighted by molar-refractivity contribution is -0.365. The van der Waals surface area contributed by atoms with Crippen LogP contribution in [-0.2, 0) is 80.0 Å². The van der Waals surface area contributed by atoms with Crippen molar-refractivity contribution in [3.63, 3.8) is 0 Å². The van der Waals surface area contributed by atoms with E-state index < -0.39 is 262 Å². The van der Waals surface area contributed by atoms with Gasteiger partial charge in [0.2, 0.25) is 0 Å². The summed E-state index contributed by atoms with van der Waals surface area (Å²) in [5, 5.41) is 217. The van der Waals surface area contributed by atoms with Crippen LogP contribution in [0, 0.1) is 0 Å². The van der Waals surface area contributed by atoms with E-state index in [0.717, 1.165) is 77.0 Å². The number of carbonyl (C=O) groups excluding carboxylic acids is 2. The second kappa shape index (κ2) is 52.4. The molecule has 1 saturated carbocycles. The van der Waals surface area contributed by atoms with Gasteiger partial charge >= 0.3 is 19.8 Å². The molecule has 1 aliphatic carbocycles.